The Morgan fingerprint density at radius 1 is 1.27 bits per heavy atom. The fourth-order valence-corrected chi connectivity index (χ4v) is 3.68. The first-order chi connectivity index (χ1) is 14.2. The summed E-state index contributed by atoms with van der Waals surface area (Å²) >= 11 is 6.09. The van der Waals surface area contributed by atoms with Crippen molar-refractivity contribution < 1.29 is 22.7 Å². The summed E-state index contributed by atoms with van der Waals surface area (Å²) in [5.74, 6) is 0.745. The van der Waals surface area contributed by atoms with Crippen molar-refractivity contribution in [3.8, 4) is 5.75 Å². The number of ether oxygens (including phenoxy) is 1. The van der Waals surface area contributed by atoms with Crippen molar-refractivity contribution in [3.05, 3.63) is 46.4 Å². The minimum atomic E-state index is -4.51. The van der Waals surface area contributed by atoms with Crippen molar-refractivity contribution in [3.63, 3.8) is 0 Å². The van der Waals surface area contributed by atoms with Crippen LogP contribution in [0.2, 0.25) is 5.02 Å². The standard InChI is InChI=1S/C20H22ClF3N4O2/c1-12-25-17(20(22,23)24)11-18(26-12)28-7-5-14(6-8-28)27-19(29)10-13-3-4-16(30-2)15(21)9-13/h3-4,9,11,14H,5-8,10H2,1-2H3,(H,27,29). The summed E-state index contributed by atoms with van der Waals surface area (Å²) < 4.78 is 44.1. The lowest BCUT2D eigenvalue weighted by molar-refractivity contribution is -0.141. The van der Waals surface area contributed by atoms with Gasteiger partial charge in [0.15, 0.2) is 0 Å². The third kappa shape index (κ3) is 5.53. The van der Waals surface area contributed by atoms with E-state index in [1.54, 1.807) is 23.1 Å². The van der Waals surface area contributed by atoms with Crippen LogP contribution in [0.15, 0.2) is 24.3 Å². The van der Waals surface area contributed by atoms with Gasteiger partial charge in [-0.1, -0.05) is 17.7 Å². The molecule has 0 spiro atoms. The molecule has 0 radical (unpaired) electrons. The van der Waals surface area contributed by atoms with E-state index in [0.717, 1.165) is 11.6 Å². The van der Waals surface area contributed by atoms with Crippen molar-refractivity contribution in [2.24, 2.45) is 0 Å². The molecular formula is C20H22ClF3N4O2. The summed E-state index contributed by atoms with van der Waals surface area (Å²) in [6.45, 7) is 2.43. The third-order valence-electron chi connectivity index (χ3n) is 4.88. The Kier molecular flexibility index (Phi) is 6.70. The lowest BCUT2D eigenvalue weighted by Crippen LogP contribution is -2.45. The van der Waals surface area contributed by atoms with E-state index >= 15 is 0 Å². The summed E-state index contributed by atoms with van der Waals surface area (Å²) in [5, 5.41) is 3.42. The number of amides is 1. The number of alkyl halides is 3. The molecule has 162 valence electrons. The third-order valence-corrected chi connectivity index (χ3v) is 5.18. The number of carbonyl (C=O) groups is 1. The van der Waals surface area contributed by atoms with Crippen molar-refractivity contribution in [2.45, 2.75) is 38.4 Å². The normalized spacial score (nSPS) is 15.2. The number of aromatic nitrogens is 2. The minimum Gasteiger partial charge on any atom is -0.495 e. The molecule has 3 rings (SSSR count). The highest BCUT2D eigenvalue weighted by atomic mass is 35.5. The van der Waals surface area contributed by atoms with E-state index in [9.17, 15) is 18.0 Å². The van der Waals surface area contributed by atoms with Crippen LogP contribution in [0.5, 0.6) is 5.75 Å². The number of rotatable bonds is 5. The van der Waals surface area contributed by atoms with Crippen LogP contribution in [-0.2, 0) is 17.4 Å². The van der Waals surface area contributed by atoms with Gasteiger partial charge in [-0.05, 0) is 37.5 Å². The molecule has 10 heteroatoms. The number of aryl methyl sites for hydroxylation is 1. The zero-order valence-corrected chi connectivity index (χ0v) is 17.3. The Labute approximate surface area is 177 Å². The Morgan fingerprint density at radius 2 is 1.97 bits per heavy atom. The van der Waals surface area contributed by atoms with Gasteiger partial charge >= 0.3 is 6.18 Å². The average molecular weight is 443 g/mol. The number of halogens is 4. The molecule has 1 aliphatic heterocycles. The first kappa shape index (κ1) is 22.1. The topological polar surface area (TPSA) is 67.3 Å². The summed E-state index contributed by atoms with van der Waals surface area (Å²) in [4.78, 5) is 21.8. The lowest BCUT2D eigenvalue weighted by atomic mass is 10.0. The molecule has 6 nitrogen and oxygen atoms in total. The van der Waals surface area contributed by atoms with Crippen LogP contribution in [0.25, 0.3) is 0 Å². The molecule has 1 amide bonds. The molecule has 1 aromatic carbocycles. The van der Waals surface area contributed by atoms with E-state index < -0.39 is 11.9 Å². The first-order valence-electron chi connectivity index (χ1n) is 9.45. The maximum atomic E-state index is 13.0. The van der Waals surface area contributed by atoms with Crippen LogP contribution in [-0.4, -0.2) is 42.1 Å². The molecule has 30 heavy (non-hydrogen) atoms. The zero-order valence-electron chi connectivity index (χ0n) is 16.6. The molecule has 2 aromatic rings. The second-order valence-electron chi connectivity index (χ2n) is 7.13. The predicted molar refractivity (Wildman–Crippen MR) is 107 cm³/mol. The van der Waals surface area contributed by atoms with Gasteiger partial charge in [0.25, 0.3) is 0 Å². The minimum absolute atomic E-state index is 0.0486. The number of nitrogens with zero attached hydrogens (tertiary/aromatic N) is 3. The van der Waals surface area contributed by atoms with E-state index in [1.165, 1.54) is 14.0 Å². The second-order valence-corrected chi connectivity index (χ2v) is 7.54. The van der Waals surface area contributed by atoms with Gasteiger partial charge < -0.3 is 15.0 Å². The number of piperidine rings is 1. The second kappa shape index (κ2) is 9.07. The molecule has 0 aliphatic carbocycles. The van der Waals surface area contributed by atoms with Gasteiger partial charge in [-0.25, -0.2) is 9.97 Å². The quantitative estimate of drug-likeness (QED) is 0.763. The highest BCUT2D eigenvalue weighted by Crippen LogP contribution is 2.30. The molecule has 2 heterocycles. The monoisotopic (exact) mass is 442 g/mol. The first-order valence-corrected chi connectivity index (χ1v) is 9.83. The van der Waals surface area contributed by atoms with E-state index in [4.69, 9.17) is 16.3 Å². The highest BCUT2D eigenvalue weighted by molar-refractivity contribution is 6.32. The maximum Gasteiger partial charge on any atom is 0.433 e. The zero-order chi connectivity index (χ0) is 21.9. The fraction of sp³-hybridized carbons (Fsp3) is 0.450. The van der Waals surface area contributed by atoms with Gasteiger partial charge in [0.2, 0.25) is 5.91 Å². The predicted octanol–water partition coefficient (Wildman–Crippen LogP) is 3.79. The molecule has 0 saturated carbocycles. The van der Waals surface area contributed by atoms with Crippen molar-refractivity contribution in [1.82, 2.24) is 15.3 Å². The molecule has 0 atom stereocenters. The SMILES string of the molecule is COc1ccc(CC(=O)NC2CCN(c3cc(C(F)(F)F)nc(C)n3)CC2)cc1Cl. The van der Waals surface area contributed by atoms with Crippen LogP contribution in [0.3, 0.4) is 0 Å². The summed E-state index contributed by atoms with van der Waals surface area (Å²) in [6, 6.07) is 6.11. The fourth-order valence-electron chi connectivity index (χ4n) is 3.40. The van der Waals surface area contributed by atoms with Gasteiger partial charge in [-0.15, -0.1) is 0 Å². The Balaban J connectivity index is 1.55. The maximum absolute atomic E-state index is 13.0. The number of nitrogens with one attached hydrogen (secondary N) is 1. The Bertz CT molecular complexity index is 915. The lowest BCUT2D eigenvalue weighted by Gasteiger charge is -2.33. The number of hydrogen-bond donors (Lipinski definition) is 1. The van der Waals surface area contributed by atoms with Crippen molar-refractivity contribution in [2.75, 3.05) is 25.1 Å². The van der Waals surface area contributed by atoms with Gasteiger partial charge in [-0.2, -0.15) is 13.2 Å². The van der Waals surface area contributed by atoms with Crippen LogP contribution in [0, 0.1) is 6.92 Å². The molecule has 0 unspecified atom stereocenters. The molecule has 1 N–H and O–H groups in total. The average Bonchev–Trinajstić information content (AvgIpc) is 2.67. The van der Waals surface area contributed by atoms with E-state index in [2.05, 4.69) is 15.3 Å². The van der Waals surface area contributed by atoms with E-state index in [0.29, 0.717) is 36.7 Å². The smallest absolute Gasteiger partial charge is 0.433 e. The largest absolute Gasteiger partial charge is 0.495 e. The summed E-state index contributed by atoms with van der Waals surface area (Å²) in [7, 11) is 1.52. The summed E-state index contributed by atoms with van der Waals surface area (Å²) in [5.41, 5.74) is -0.176. The molecule has 1 aromatic heterocycles. The van der Waals surface area contributed by atoms with Crippen molar-refractivity contribution in [1.29, 1.82) is 0 Å². The number of hydrogen-bond acceptors (Lipinski definition) is 5. The Morgan fingerprint density at radius 3 is 2.57 bits per heavy atom. The molecular weight excluding hydrogens is 421 g/mol. The molecule has 1 saturated heterocycles. The van der Waals surface area contributed by atoms with E-state index in [-0.39, 0.29) is 30.0 Å². The van der Waals surface area contributed by atoms with Crippen LogP contribution >= 0.6 is 11.6 Å². The Hall–Kier alpha value is -2.55. The summed E-state index contributed by atoms with van der Waals surface area (Å²) in [6.07, 6.45) is -3.11. The van der Waals surface area contributed by atoms with Gasteiger partial charge in [0, 0.05) is 25.2 Å². The van der Waals surface area contributed by atoms with Crippen LogP contribution in [0.4, 0.5) is 19.0 Å². The molecule has 0 bridgehead atoms. The van der Waals surface area contributed by atoms with Crippen molar-refractivity contribution >= 4 is 23.3 Å². The van der Waals surface area contributed by atoms with E-state index in [1.807, 2.05) is 0 Å². The number of methoxy groups -OCH3 is 1. The number of carbonyl (C=O) groups excluding carboxylic acids is 1. The van der Waals surface area contributed by atoms with Crippen LogP contribution < -0.4 is 15.0 Å². The number of anilines is 1. The van der Waals surface area contributed by atoms with Crippen LogP contribution in [0.1, 0.15) is 29.9 Å². The molecule has 1 fully saturated rings. The van der Waals surface area contributed by atoms with Gasteiger partial charge in [-0.3, -0.25) is 4.79 Å². The van der Waals surface area contributed by atoms with Gasteiger partial charge in [0.1, 0.15) is 23.1 Å². The number of benzene rings is 1. The van der Waals surface area contributed by atoms with Gasteiger partial charge in [0.05, 0.1) is 18.6 Å². The molecule has 1 aliphatic rings. The highest BCUT2D eigenvalue weighted by Gasteiger charge is 2.34.